The Morgan fingerprint density at radius 1 is 1.07 bits per heavy atom. The molecule has 0 fully saturated rings. The van der Waals surface area contributed by atoms with Gasteiger partial charge < -0.3 is 10.0 Å². The minimum Gasteiger partial charge on any atom is -0.507 e. The number of nitrogens with zero attached hydrogens (tertiary/aromatic N) is 6. The van der Waals surface area contributed by atoms with Crippen LogP contribution in [0.1, 0.15) is 21.7 Å². The number of halogens is 1. The monoisotopic (exact) mass is 426 g/mol. The molecular formula is C20H19FN6O2S. The van der Waals surface area contributed by atoms with Crippen molar-refractivity contribution in [3.05, 3.63) is 59.2 Å². The summed E-state index contributed by atoms with van der Waals surface area (Å²) in [6.45, 7) is 3.51. The largest absolute Gasteiger partial charge is 0.507 e. The first kappa shape index (κ1) is 21.3. The van der Waals surface area contributed by atoms with Gasteiger partial charge in [-0.15, -0.1) is 10.2 Å². The standard InChI is InChI=1S/C20H19FN6O2S/c1-11-9-13(10-12(2)16(11)28)25-26-19-22-17(23-20(24-19)27(3)4)18(29)30-15-8-6-5-7-14(15)21/h5-10,28H,1-4H3/b26-25+. The molecule has 0 aliphatic heterocycles. The zero-order chi connectivity index (χ0) is 21.8. The Kier molecular flexibility index (Phi) is 6.36. The molecule has 30 heavy (non-hydrogen) atoms. The van der Waals surface area contributed by atoms with Crippen LogP contribution in [0.5, 0.6) is 5.75 Å². The molecule has 2 aromatic carbocycles. The van der Waals surface area contributed by atoms with Crippen LogP contribution in [-0.4, -0.2) is 39.3 Å². The maximum atomic E-state index is 13.9. The van der Waals surface area contributed by atoms with Crippen LogP contribution in [-0.2, 0) is 0 Å². The van der Waals surface area contributed by atoms with E-state index in [4.69, 9.17) is 0 Å². The summed E-state index contributed by atoms with van der Waals surface area (Å²) in [6, 6.07) is 9.29. The molecule has 1 N–H and O–H groups in total. The van der Waals surface area contributed by atoms with E-state index in [0.29, 0.717) is 28.6 Å². The minimum absolute atomic E-state index is 0.0606. The van der Waals surface area contributed by atoms with Gasteiger partial charge in [0.15, 0.2) is 0 Å². The Balaban J connectivity index is 1.93. The third-order valence-electron chi connectivity index (χ3n) is 3.96. The number of carbonyl (C=O) groups is 1. The Bertz CT molecular complexity index is 1110. The average Bonchev–Trinajstić information content (AvgIpc) is 2.71. The van der Waals surface area contributed by atoms with E-state index in [1.165, 1.54) is 12.1 Å². The molecule has 0 atom stereocenters. The highest BCUT2D eigenvalue weighted by Crippen LogP contribution is 2.29. The molecule has 8 nitrogen and oxygen atoms in total. The first-order valence-corrected chi connectivity index (χ1v) is 9.68. The maximum Gasteiger partial charge on any atom is 0.274 e. The van der Waals surface area contributed by atoms with E-state index in [0.717, 1.165) is 0 Å². The third kappa shape index (κ3) is 4.95. The Morgan fingerprint density at radius 3 is 2.37 bits per heavy atom. The van der Waals surface area contributed by atoms with Gasteiger partial charge in [0.2, 0.25) is 11.8 Å². The van der Waals surface area contributed by atoms with Crippen LogP contribution in [0.15, 0.2) is 51.5 Å². The zero-order valence-corrected chi connectivity index (χ0v) is 17.6. The normalized spacial score (nSPS) is 11.1. The van der Waals surface area contributed by atoms with Gasteiger partial charge in [0.25, 0.3) is 11.1 Å². The van der Waals surface area contributed by atoms with Gasteiger partial charge in [-0.25, -0.2) is 4.39 Å². The maximum absolute atomic E-state index is 13.9. The zero-order valence-electron chi connectivity index (χ0n) is 16.8. The lowest BCUT2D eigenvalue weighted by Gasteiger charge is -2.10. The highest BCUT2D eigenvalue weighted by molar-refractivity contribution is 8.14. The SMILES string of the molecule is Cc1cc(/N=N/c2nc(C(=O)Sc3ccccc3F)nc(N(C)C)n2)cc(C)c1O. The number of rotatable bonds is 5. The number of azo groups is 1. The van der Waals surface area contributed by atoms with Gasteiger partial charge in [-0.05, 0) is 61.0 Å². The first-order chi connectivity index (χ1) is 14.2. The smallest absolute Gasteiger partial charge is 0.274 e. The van der Waals surface area contributed by atoms with Crippen LogP contribution < -0.4 is 4.90 Å². The second-order valence-electron chi connectivity index (χ2n) is 6.60. The van der Waals surface area contributed by atoms with Crippen molar-refractivity contribution >= 4 is 34.5 Å². The van der Waals surface area contributed by atoms with Gasteiger partial charge >= 0.3 is 0 Å². The van der Waals surface area contributed by atoms with Crippen molar-refractivity contribution in [1.82, 2.24) is 15.0 Å². The molecule has 0 bridgehead atoms. The predicted molar refractivity (Wildman–Crippen MR) is 112 cm³/mol. The highest BCUT2D eigenvalue weighted by Gasteiger charge is 2.18. The highest BCUT2D eigenvalue weighted by atomic mass is 32.2. The second-order valence-corrected chi connectivity index (χ2v) is 7.62. The van der Waals surface area contributed by atoms with Crippen molar-refractivity contribution in [2.75, 3.05) is 19.0 Å². The number of phenolic OH excluding ortho intramolecular Hbond substituents is 1. The number of aryl methyl sites for hydroxylation is 2. The molecular weight excluding hydrogens is 407 g/mol. The van der Waals surface area contributed by atoms with Gasteiger partial charge in [-0.2, -0.15) is 15.0 Å². The van der Waals surface area contributed by atoms with Crippen LogP contribution in [0.2, 0.25) is 0 Å². The predicted octanol–water partition coefficient (Wildman–Crippen LogP) is 4.75. The van der Waals surface area contributed by atoms with E-state index in [9.17, 15) is 14.3 Å². The molecule has 3 rings (SSSR count). The quantitative estimate of drug-likeness (QED) is 0.464. The summed E-state index contributed by atoms with van der Waals surface area (Å²) in [5.74, 6) is -0.309. The van der Waals surface area contributed by atoms with Crippen molar-refractivity contribution in [2.45, 2.75) is 18.7 Å². The number of hydrogen-bond donors (Lipinski definition) is 1. The van der Waals surface area contributed by atoms with Crippen molar-refractivity contribution in [3.8, 4) is 5.75 Å². The lowest BCUT2D eigenvalue weighted by Crippen LogP contribution is -2.15. The molecule has 1 heterocycles. The Hall–Kier alpha value is -3.40. The summed E-state index contributed by atoms with van der Waals surface area (Å²) in [5.41, 5.74) is 1.82. The van der Waals surface area contributed by atoms with Crippen molar-refractivity contribution in [1.29, 1.82) is 0 Å². The molecule has 154 valence electrons. The summed E-state index contributed by atoms with van der Waals surface area (Å²) in [7, 11) is 3.42. The van der Waals surface area contributed by atoms with Crippen molar-refractivity contribution < 1.29 is 14.3 Å². The molecule has 3 aromatic rings. The lowest BCUT2D eigenvalue weighted by molar-refractivity contribution is 0.108. The number of aromatic nitrogens is 3. The van der Waals surface area contributed by atoms with Crippen LogP contribution in [0.3, 0.4) is 0 Å². The van der Waals surface area contributed by atoms with Gasteiger partial charge in [0.1, 0.15) is 11.6 Å². The van der Waals surface area contributed by atoms with E-state index >= 15 is 0 Å². The summed E-state index contributed by atoms with van der Waals surface area (Å²) in [4.78, 5) is 26.8. The fourth-order valence-corrected chi connectivity index (χ4v) is 3.15. The number of phenols is 1. The fourth-order valence-electron chi connectivity index (χ4n) is 2.46. The Labute approximate surface area is 176 Å². The second kappa shape index (κ2) is 8.95. The number of carbonyl (C=O) groups excluding carboxylic acids is 1. The molecule has 0 aliphatic rings. The van der Waals surface area contributed by atoms with E-state index < -0.39 is 10.9 Å². The summed E-state index contributed by atoms with van der Waals surface area (Å²) < 4.78 is 13.9. The van der Waals surface area contributed by atoms with Crippen LogP contribution in [0, 0.1) is 19.7 Å². The molecule has 0 unspecified atom stereocenters. The van der Waals surface area contributed by atoms with Crippen molar-refractivity contribution in [3.63, 3.8) is 0 Å². The van der Waals surface area contributed by atoms with Gasteiger partial charge in [-0.1, -0.05) is 12.1 Å². The minimum atomic E-state index is -0.543. The summed E-state index contributed by atoms with van der Waals surface area (Å²) in [6.07, 6.45) is 0. The Morgan fingerprint density at radius 2 is 1.73 bits per heavy atom. The average molecular weight is 426 g/mol. The van der Waals surface area contributed by atoms with Gasteiger partial charge in [-0.3, -0.25) is 4.79 Å². The lowest BCUT2D eigenvalue weighted by atomic mass is 10.1. The van der Waals surface area contributed by atoms with Crippen LogP contribution in [0.25, 0.3) is 0 Å². The molecule has 0 saturated heterocycles. The van der Waals surface area contributed by atoms with Gasteiger partial charge in [0, 0.05) is 14.1 Å². The molecule has 0 radical (unpaired) electrons. The number of thioether (sulfide) groups is 1. The molecule has 0 amide bonds. The molecule has 10 heteroatoms. The van der Waals surface area contributed by atoms with Gasteiger partial charge in [0.05, 0.1) is 10.6 Å². The summed E-state index contributed by atoms with van der Waals surface area (Å²) in [5, 5.41) is 17.5. The molecule has 1 aromatic heterocycles. The fraction of sp³-hybridized carbons (Fsp3) is 0.200. The van der Waals surface area contributed by atoms with E-state index in [2.05, 4.69) is 25.2 Å². The van der Waals surface area contributed by atoms with E-state index in [1.54, 1.807) is 57.1 Å². The topological polar surface area (TPSA) is 104 Å². The first-order valence-electron chi connectivity index (χ1n) is 8.86. The number of benzene rings is 2. The molecule has 0 saturated carbocycles. The van der Waals surface area contributed by atoms with E-state index in [1.807, 2.05) is 0 Å². The third-order valence-corrected chi connectivity index (χ3v) is 4.88. The molecule has 0 aliphatic carbocycles. The molecule has 0 spiro atoms. The summed E-state index contributed by atoms with van der Waals surface area (Å²) >= 11 is 0.687. The van der Waals surface area contributed by atoms with Crippen LogP contribution in [0.4, 0.5) is 22.0 Å². The van der Waals surface area contributed by atoms with Crippen LogP contribution >= 0.6 is 11.8 Å². The number of anilines is 1. The van der Waals surface area contributed by atoms with E-state index in [-0.39, 0.29) is 28.4 Å². The van der Waals surface area contributed by atoms with Crippen molar-refractivity contribution in [2.24, 2.45) is 10.2 Å². The number of hydrogen-bond acceptors (Lipinski definition) is 9. The number of aromatic hydroxyl groups is 1.